The van der Waals surface area contributed by atoms with E-state index in [1.54, 1.807) is 0 Å². The SMILES string of the molecule is CC1C=C2C3=C(C1)n1c4c(c5cc(C(C)(C)C)cc(c51)B3c1ccc(C(C)(C)C)cc1N2c1ccc(C(C)(C)C)cc1-c1ccccc1)C(C)(C)c1ccccc1-4. The molecule has 0 fully saturated rings. The van der Waals surface area contributed by atoms with Crippen molar-refractivity contribution in [1.29, 1.82) is 0 Å². The Balaban J connectivity index is 1.36. The lowest BCUT2D eigenvalue weighted by atomic mass is 9.32. The van der Waals surface area contributed by atoms with Gasteiger partial charge in [-0.3, -0.25) is 0 Å². The van der Waals surface area contributed by atoms with Crippen LogP contribution < -0.4 is 15.8 Å². The maximum absolute atomic E-state index is 2.77. The molecule has 0 amide bonds. The zero-order valence-electron chi connectivity index (χ0n) is 36.1. The predicted molar refractivity (Wildman–Crippen MR) is 246 cm³/mol. The van der Waals surface area contributed by atoms with E-state index in [0.29, 0.717) is 5.92 Å². The largest absolute Gasteiger partial charge is 0.314 e. The van der Waals surface area contributed by atoms with E-state index in [0.717, 1.165) is 6.42 Å². The summed E-state index contributed by atoms with van der Waals surface area (Å²) in [6.45, 7) is 28.7. The molecule has 286 valence electrons. The number of fused-ring (bicyclic) bond motifs is 9. The van der Waals surface area contributed by atoms with E-state index in [9.17, 15) is 0 Å². The molecular weight excluding hydrogens is 687 g/mol. The first-order chi connectivity index (χ1) is 26.9. The van der Waals surface area contributed by atoms with Gasteiger partial charge < -0.3 is 9.47 Å². The fourth-order valence-electron chi connectivity index (χ4n) is 10.7. The molecule has 1 unspecified atom stereocenters. The molecule has 3 heterocycles. The number of hydrogen-bond donors (Lipinski definition) is 0. The fraction of sp³-hybridized carbons (Fsp3) is 0.333. The van der Waals surface area contributed by atoms with Crippen molar-refractivity contribution in [2.24, 2.45) is 5.92 Å². The molecule has 1 aromatic heterocycles. The highest BCUT2D eigenvalue weighted by Gasteiger charge is 2.50. The quantitative estimate of drug-likeness (QED) is 0.160. The molecule has 2 aliphatic heterocycles. The van der Waals surface area contributed by atoms with Crippen LogP contribution in [0.2, 0.25) is 0 Å². The maximum atomic E-state index is 2.77. The van der Waals surface area contributed by atoms with Crippen molar-refractivity contribution in [1.82, 2.24) is 4.57 Å². The van der Waals surface area contributed by atoms with Crippen LogP contribution in [0.25, 0.3) is 39.0 Å². The van der Waals surface area contributed by atoms with E-state index in [1.807, 2.05) is 0 Å². The smallest absolute Gasteiger partial charge is 0.251 e. The van der Waals surface area contributed by atoms with Crippen molar-refractivity contribution in [3.63, 3.8) is 0 Å². The minimum Gasteiger partial charge on any atom is -0.314 e. The Hall–Kier alpha value is -5.02. The highest BCUT2D eigenvalue weighted by Crippen LogP contribution is 2.57. The van der Waals surface area contributed by atoms with Gasteiger partial charge in [-0.25, -0.2) is 0 Å². The fourth-order valence-corrected chi connectivity index (χ4v) is 10.7. The Kier molecular flexibility index (Phi) is 7.51. The first kappa shape index (κ1) is 36.3. The van der Waals surface area contributed by atoms with E-state index < -0.39 is 0 Å². The molecule has 5 aromatic carbocycles. The van der Waals surface area contributed by atoms with E-state index in [4.69, 9.17) is 0 Å². The Morgan fingerprint density at radius 2 is 1.28 bits per heavy atom. The monoisotopic (exact) mass is 744 g/mol. The summed E-state index contributed by atoms with van der Waals surface area (Å²) in [4.78, 5) is 2.68. The van der Waals surface area contributed by atoms with Crippen LogP contribution in [0.4, 0.5) is 11.4 Å². The molecule has 2 aliphatic carbocycles. The summed E-state index contributed by atoms with van der Waals surface area (Å²) < 4.78 is 2.77. The normalized spacial score (nSPS) is 18.0. The molecule has 0 spiro atoms. The molecule has 0 saturated carbocycles. The summed E-state index contributed by atoms with van der Waals surface area (Å²) in [7, 11) is 0. The Bertz CT molecular complexity index is 2750. The average molecular weight is 745 g/mol. The van der Waals surface area contributed by atoms with Gasteiger partial charge in [-0.05, 0) is 103 Å². The first-order valence-electron chi connectivity index (χ1n) is 21.3. The molecule has 0 bridgehead atoms. The molecular formula is C54H57BN2. The van der Waals surface area contributed by atoms with Crippen LogP contribution in [0.5, 0.6) is 0 Å². The molecule has 57 heavy (non-hydrogen) atoms. The van der Waals surface area contributed by atoms with Crippen LogP contribution in [0, 0.1) is 5.92 Å². The number of aromatic nitrogens is 1. The second-order valence-electron chi connectivity index (χ2n) is 21.2. The third-order valence-corrected chi connectivity index (χ3v) is 13.7. The van der Waals surface area contributed by atoms with Gasteiger partial charge in [0.1, 0.15) is 0 Å². The Morgan fingerprint density at radius 1 is 0.632 bits per heavy atom. The highest BCUT2D eigenvalue weighted by atomic mass is 15.2. The van der Waals surface area contributed by atoms with E-state index in [2.05, 4.69) is 202 Å². The summed E-state index contributed by atoms with van der Waals surface area (Å²) in [6.07, 6.45) is 3.62. The average Bonchev–Trinajstić information content (AvgIpc) is 3.62. The second-order valence-corrected chi connectivity index (χ2v) is 21.2. The van der Waals surface area contributed by atoms with Gasteiger partial charge >= 0.3 is 0 Å². The van der Waals surface area contributed by atoms with Crippen LogP contribution in [0.3, 0.4) is 0 Å². The zero-order chi connectivity index (χ0) is 40.1. The van der Waals surface area contributed by atoms with Crippen molar-refractivity contribution >= 4 is 45.6 Å². The summed E-state index contributed by atoms with van der Waals surface area (Å²) in [6, 6.07) is 40.2. The Morgan fingerprint density at radius 3 is 1.98 bits per heavy atom. The van der Waals surface area contributed by atoms with Crippen LogP contribution in [0.1, 0.15) is 117 Å². The standard InChI is InChI=1S/C54H57BN2/c1-32-26-45-48-46(27-32)57-49-39(47-50(57)37-20-16-17-21-40(37)54(47,11)12)29-36(53(8,9)10)30-42(49)55(48)41-24-22-35(52(5,6)7)31-44(41)56(45)43-25-23-34(51(2,3)4)28-38(43)33-18-14-13-15-19-33/h13-26,28-32H,27H2,1-12H3. The topological polar surface area (TPSA) is 8.17 Å². The van der Waals surface area contributed by atoms with Crippen molar-refractivity contribution in [2.45, 2.75) is 111 Å². The summed E-state index contributed by atoms with van der Waals surface area (Å²) >= 11 is 0. The molecule has 2 nitrogen and oxygen atoms in total. The van der Waals surface area contributed by atoms with E-state index >= 15 is 0 Å². The predicted octanol–water partition coefficient (Wildman–Crippen LogP) is 13.0. The number of benzene rings is 5. The molecule has 0 N–H and O–H groups in total. The first-order valence-corrected chi connectivity index (χ1v) is 21.3. The summed E-state index contributed by atoms with van der Waals surface area (Å²) in [5.41, 5.74) is 23.4. The summed E-state index contributed by atoms with van der Waals surface area (Å²) in [5, 5.41) is 1.43. The van der Waals surface area contributed by atoms with Crippen molar-refractivity contribution in [2.75, 3.05) is 4.90 Å². The molecule has 6 aromatic rings. The summed E-state index contributed by atoms with van der Waals surface area (Å²) in [5.74, 6) is 0.358. The minimum absolute atomic E-state index is 0.00493. The maximum Gasteiger partial charge on any atom is 0.251 e. The van der Waals surface area contributed by atoms with E-state index in [-0.39, 0.29) is 28.4 Å². The zero-order valence-corrected chi connectivity index (χ0v) is 36.1. The lowest BCUT2D eigenvalue weighted by molar-refractivity contribution is 0.590. The van der Waals surface area contributed by atoms with Gasteiger partial charge in [0.2, 0.25) is 0 Å². The van der Waals surface area contributed by atoms with Crippen LogP contribution >= 0.6 is 0 Å². The third kappa shape index (κ3) is 5.16. The van der Waals surface area contributed by atoms with Gasteiger partial charge in [-0.2, -0.15) is 0 Å². The van der Waals surface area contributed by atoms with Crippen LogP contribution in [-0.4, -0.2) is 11.3 Å². The van der Waals surface area contributed by atoms with E-state index in [1.165, 1.54) is 100 Å². The second kappa shape index (κ2) is 11.8. The van der Waals surface area contributed by atoms with Gasteiger partial charge in [0.25, 0.3) is 6.71 Å². The van der Waals surface area contributed by atoms with Gasteiger partial charge in [0, 0.05) is 44.5 Å². The molecule has 1 atom stereocenters. The molecule has 4 aliphatic rings. The number of hydrogen-bond acceptors (Lipinski definition) is 1. The number of rotatable bonds is 2. The number of nitrogens with zero attached hydrogens (tertiary/aromatic N) is 2. The molecule has 10 rings (SSSR count). The van der Waals surface area contributed by atoms with Crippen molar-refractivity contribution in [3.05, 3.63) is 148 Å². The van der Waals surface area contributed by atoms with Gasteiger partial charge in [-0.15, -0.1) is 0 Å². The van der Waals surface area contributed by atoms with Crippen LogP contribution in [-0.2, 0) is 21.7 Å². The van der Waals surface area contributed by atoms with Crippen LogP contribution in [0.15, 0.2) is 120 Å². The van der Waals surface area contributed by atoms with Gasteiger partial charge in [0.15, 0.2) is 0 Å². The van der Waals surface area contributed by atoms with Gasteiger partial charge in [0.05, 0.1) is 11.4 Å². The molecule has 0 saturated heterocycles. The van der Waals surface area contributed by atoms with Crippen molar-refractivity contribution in [3.8, 4) is 22.4 Å². The lowest BCUT2D eigenvalue weighted by Gasteiger charge is -2.46. The number of allylic oxidation sites excluding steroid dienone is 3. The van der Waals surface area contributed by atoms with Crippen molar-refractivity contribution < 1.29 is 0 Å². The lowest BCUT2D eigenvalue weighted by Crippen LogP contribution is -2.55. The highest BCUT2D eigenvalue weighted by molar-refractivity contribution is 6.95. The number of anilines is 2. The Labute approximate surface area is 341 Å². The molecule has 3 heteroatoms. The minimum atomic E-state index is -0.117. The van der Waals surface area contributed by atoms with Gasteiger partial charge in [-0.1, -0.05) is 168 Å². The molecule has 0 radical (unpaired) electrons. The third-order valence-electron chi connectivity index (χ3n) is 13.7.